The van der Waals surface area contributed by atoms with Crippen LogP contribution in [0.3, 0.4) is 0 Å². The number of morpholine rings is 1. The molecule has 4 nitrogen and oxygen atoms in total. The first-order valence-corrected chi connectivity index (χ1v) is 5.61. The Morgan fingerprint density at radius 2 is 2.33 bits per heavy atom. The monoisotopic (exact) mass is 215 g/mol. The molecule has 0 N–H and O–H groups in total. The van der Waals surface area contributed by atoms with E-state index >= 15 is 0 Å². The highest BCUT2D eigenvalue weighted by Crippen LogP contribution is 2.05. The zero-order valence-electron chi connectivity index (χ0n) is 9.86. The summed E-state index contributed by atoms with van der Waals surface area (Å²) in [7, 11) is 0. The van der Waals surface area contributed by atoms with Crippen molar-refractivity contribution in [3.8, 4) is 0 Å². The minimum atomic E-state index is -0.107. The molecule has 0 bridgehead atoms. The zero-order chi connectivity index (χ0) is 11.3. The molecule has 0 radical (unpaired) electrons. The van der Waals surface area contributed by atoms with E-state index in [4.69, 9.17) is 9.47 Å². The largest absolute Gasteiger partial charge is 0.463 e. The molecule has 0 unspecified atom stereocenters. The van der Waals surface area contributed by atoms with Crippen LogP contribution in [-0.4, -0.2) is 49.3 Å². The Morgan fingerprint density at radius 1 is 1.60 bits per heavy atom. The Kier molecular flexibility index (Phi) is 5.05. The molecule has 0 aromatic rings. The van der Waals surface area contributed by atoms with Gasteiger partial charge in [-0.25, -0.2) is 0 Å². The van der Waals surface area contributed by atoms with Crippen molar-refractivity contribution >= 4 is 5.97 Å². The fourth-order valence-electron chi connectivity index (χ4n) is 1.66. The smallest absolute Gasteiger partial charge is 0.307 e. The predicted octanol–water partition coefficient (Wildman–Crippen LogP) is 1.05. The van der Waals surface area contributed by atoms with Gasteiger partial charge in [0.2, 0.25) is 0 Å². The third-order valence-electron chi connectivity index (χ3n) is 2.32. The van der Waals surface area contributed by atoms with Crippen molar-refractivity contribution in [3.63, 3.8) is 0 Å². The summed E-state index contributed by atoms with van der Waals surface area (Å²) >= 11 is 0. The molecule has 0 spiro atoms. The molecule has 1 saturated heterocycles. The standard InChI is InChI=1S/C11H21NO3/c1-9(2)15-11(13)4-5-12-6-7-14-10(3)8-12/h9-10H,4-8H2,1-3H3/t10-/m0/s1. The molecule has 1 fully saturated rings. The lowest BCUT2D eigenvalue weighted by molar-refractivity contribution is -0.148. The van der Waals surface area contributed by atoms with Crippen molar-refractivity contribution in [2.75, 3.05) is 26.2 Å². The normalized spacial score (nSPS) is 23.1. The van der Waals surface area contributed by atoms with Gasteiger partial charge in [0.05, 0.1) is 25.2 Å². The van der Waals surface area contributed by atoms with E-state index in [1.54, 1.807) is 0 Å². The minimum absolute atomic E-state index is 0.0129. The average Bonchev–Trinajstić information content (AvgIpc) is 2.14. The first-order chi connectivity index (χ1) is 7.08. The highest BCUT2D eigenvalue weighted by molar-refractivity contribution is 5.69. The van der Waals surface area contributed by atoms with Gasteiger partial charge in [-0.15, -0.1) is 0 Å². The minimum Gasteiger partial charge on any atom is -0.463 e. The summed E-state index contributed by atoms with van der Waals surface area (Å²) in [6.45, 7) is 9.16. The van der Waals surface area contributed by atoms with Crippen molar-refractivity contribution in [1.29, 1.82) is 0 Å². The van der Waals surface area contributed by atoms with Crippen LogP contribution >= 0.6 is 0 Å². The number of nitrogens with zero attached hydrogens (tertiary/aromatic N) is 1. The molecular formula is C11H21NO3. The number of rotatable bonds is 4. The highest BCUT2D eigenvalue weighted by atomic mass is 16.5. The van der Waals surface area contributed by atoms with Crippen LogP contribution in [0, 0.1) is 0 Å². The number of hydrogen-bond donors (Lipinski definition) is 0. The van der Waals surface area contributed by atoms with Gasteiger partial charge in [-0.3, -0.25) is 9.69 Å². The lowest BCUT2D eigenvalue weighted by Gasteiger charge is -2.30. The van der Waals surface area contributed by atoms with Crippen LogP contribution in [0.15, 0.2) is 0 Å². The molecule has 1 atom stereocenters. The number of carbonyl (C=O) groups excluding carboxylic acids is 1. The maximum absolute atomic E-state index is 11.3. The van der Waals surface area contributed by atoms with Crippen molar-refractivity contribution in [3.05, 3.63) is 0 Å². The van der Waals surface area contributed by atoms with Crippen LogP contribution in [-0.2, 0) is 14.3 Å². The maximum atomic E-state index is 11.3. The van der Waals surface area contributed by atoms with Crippen molar-refractivity contribution < 1.29 is 14.3 Å². The van der Waals surface area contributed by atoms with Gasteiger partial charge in [0.25, 0.3) is 0 Å². The summed E-state index contributed by atoms with van der Waals surface area (Å²) in [5, 5.41) is 0. The van der Waals surface area contributed by atoms with Crippen LogP contribution < -0.4 is 0 Å². The Balaban J connectivity index is 2.16. The van der Waals surface area contributed by atoms with E-state index in [0.717, 1.165) is 26.2 Å². The van der Waals surface area contributed by atoms with Crippen LogP contribution in [0.25, 0.3) is 0 Å². The highest BCUT2D eigenvalue weighted by Gasteiger charge is 2.17. The fourth-order valence-corrected chi connectivity index (χ4v) is 1.66. The van der Waals surface area contributed by atoms with Gasteiger partial charge in [-0.1, -0.05) is 0 Å². The summed E-state index contributed by atoms with van der Waals surface area (Å²) in [6.07, 6.45) is 0.742. The van der Waals surface area contributed by atoms with Gasteiger partial charge < -0.3 is 9.47 Å². The molecular weight excluding hydrogens is 194 g/mol. The SMILES string of the molecule is CC(C)OC(=O)CCN1CCO[C@@H](C)C1. The van der Waals surface area contributed by atoms with E-state index in [0.29, 0.717) is 6.42 Å². The van der Waals surface area contributed by atoms with Gasteiger partial charge in [0, 0.05) is 19.6 Å². The topological polar surface area (TPSA) is 38.8 Å². The van der Waals surface area contributed by atoms with E-state index in [1.807, 2.05) is 13.8 Å². The van der Waals surface area contributed by atoms with E-state index in [9.17, 15) is 4.79 Å². The number of carbonyl (C=O) groups is 1. The zero-order valence-corrected chi connectivity index (χ0v) is 9.86. The lowest BCUT2D eigenvalue weighted by atomic mass is 10.3. The number of ether oxygens (including phenoxy) is 2. The van der Waals surface area contributed by atoms with Crippen LogP contribution in [0.2, 0.25) is 0 Å². The van der Waals surface area contributed by atoms with E-state index < -0.39 is 0 Å². The molecule has 0 saturated carbocycles. The van der Waals surface area contributed by atoms with Gasteiger partial charge in [0.15, 0.2) is 0 Å². The lowest BCUT2D eigenvalue weighted by Crippen LogP contribution is -2.42. The third kappa shape index (κ3) is 5.14. The third-order valence-corrected chi connectivity index (χ3v) is 2.32. The average molecular weight is 215 g/mol. The van der Waals surface area contributed by atoms with E-state index in [2.05, 4.69) is 11.8 Å². The molecule has 4 heteroatoms. The molecule has 0 amide bonds. The molecule has 1 rings (SSSR count). The predicted molar refractivity (Wildman–Crippen MR) is 57.7 cm³/mol. The number of esters is 1. The first-order valence-electron chi connectivity index (χ1n) is 5.61. The van der Waals surface area contributed by atoms with Crippen LogP contribution in [0.4, 0.5) is 0 Å². The Hall–Kier alpha value is -0.610. The van der Waals surface area contributed by atoms with Crippen molar-refractivity contribution in [2.45, 2.75) is 39.4 Å². The Morgan fingerprint density at radius 3 is 2.93 bits per heavy atom. The summed E-state index contributed by atoms with van der Waals surface area (Å²) in [5.41, 5.74) is 0. The molecule has 1 heterocycles. The van der Waals surface area contributed by atoms with Gasteiger partial charge in [-0.2, -0.15) is 0 Å². The van der Waals surface area contributed by atoms with Crippen molar-refractivity contribution in [2.24, 2.45) is 0 Å². The second-order valence-electron chi connectivity index (χ2n) is 4.27. The molecule has 0 aliphatic carbocycles. The first kappa shape index (κ1) is 12.5. The van der Waals surface area contributed by atoms with Crippen molar-refractivity contribution in [1.82, 2.24) is 4.90 Å². The fraction of sp³-hybridized carbons (Fsp3) is 0.909. The summed E-state index contributed by atoms with van der Waals surface area (Å²) in [5.74, 6) is -0.107. The summed E-state index contributed by atoms with van der Waals surface area (Å²) in [4.78, 5) is 13.5. The number of hydrogen-bond acceptors (Lipinski definition) is 4. The second-order valence-corrected chi connectivity index (χ2v) is 4.27. The quantitative estimate of drug-likeness (QED) is 0.657. The molecule has 1 aliphatic heterocycles. The van der Waals surface area contributed by atoms with Crippen LogP contribution in [0.5, 0.6) is 0 Å². The summed E-state index contributed by atoms with van der Waals surface area (Å²) in [6, 6.07) is 0. The van der Waals surface area contributed by atoms with E-state index in [1.165, 1.54) is 0 Å². The molecule has 0 aromatic heterocycles. The Bertz CT molecular complexity index is 206. The molecule has 0 aromatic carbocycles. The van der Waals surface area contributed by atoms with Gasteiger partial charge in [-0.05, 0) is 20.8 Å². The van der Waals surface area contributed by atoms with E-state index in [-0.39, 0.29) is 18.2 Å². The van der Waals surface area contributed by atoms with Crippen LogP contribution in [0.1, 0.15) is 27.2 Å². The molecule has 88 valence electrons. The maximum Gasteiger partial charge on any atom is 0.307 e. The second kappa shape index (κ2) is 6.08. The molecule has 1 aliphatic rings. The summed E-state index contributed by atoms with van der Waals surface area (Å²) < 4.78 is 10.5. The van der Waals surface area contributed by atoms with Gasteiger partial charge in [0.1, 0.15) is 0 Å². The Labute approximate surface area is 91.5 Å². The van der Waals surface area contributed by atoms with Gasteiger partial charge >= 0.3 is 5.97 Å². The molecule has 15 heavy (non-hydrogen) atoms.